The van der Waals surface area contributed by atoms with Gasteiger partial charge in [-0.1, -0.05) is 24.3 Å². The lowest BCUT2D eigenvalue weighted by Crippen LogP contribution is -2.48. The van der Waals surface area contributed by atoms with Gasteiger partial charge in [0.1, 0.15) is 0 Å². The molecular weight excluding hydrogens is 394 g/mol. The highest BCUT2D eigenvalue weighted by Gasteiger charge is 2.26. The maximum Gasteiger partial charge on any atom is 0.191 e. The van der Waals surface area contributed by atoms with Crippen LogP contribution in [0.3, 0.4) is 0 Å². The third kappa shape index (κ3) is 5.03. The molecular formula is C23H31N5OS. The fourth-order valence-corrected chi connectivity index (χ4v) is 4.95. The first-order valence-electron chi connectivity index (χ1n) is 10.6. The number of fused-ring (bicyclic) bond motifs is 1. The number of hydrogen-bond acceptors (Lipinski definition) is 4. The molecule has 0 aliphatic carbocycles. The van der Waals surface area contributed by atoms with Crippen molar-refractivity contribution < 1.29 is 4.74 Å². The molecule has 30 heavy (non-hydrogen) atoms. The Morgan fingerprint density at radius 3 is 3.00 bits per heavy atom. The number of rotatable bonds is 7. The van der Waals surface area contributed by atoms with Gasteiger partial charge in [0, 0.05) is 55.2 Å². The number of nitrogens with zero attached hydrogens (tertiary/aromatic N) is 2. The smallest absolute Gasteiger partial charge is 0.191 e. The highest BCUT2D eigenvalue weighted by molar-refractivity contribution is 7.10. The second-order valence-corrected chi connectivity index (χ2v) is 8.68. The summed E-state index contributed by atoms with van der Waals surface area (Å²) in [4.78, 5) is 11.7. The van der Waals surface area contributed by atoms with Crippen molar-refractivity contribution in [3.8, 4) is 0 Å². The zero-order valence-electron chi connectivity index (χ0n) is 17.7. The van der Waals surface area contributed by atoms with Crippen molar-refractivity contribution in [2.75, 3.05) is 39.8 Å². The summed E-state index contributed by atoms with van der Waals surface area (Å²) >= 11 is 1.82. The van der Waals surface area contributed by atoms with Crippen molar-refractivity contribution in [1.82, 2.24) is 20.5 Å². The number of hydrogen-bond donors (Lipinski definition) is 3. The molecule has 0 radical (unpaired) electrons. The Morgan fingerprint density at radius 2 is 2.20 bits per heavy atom. The first kappa shape index (κ1) is 20.9. The minimum atomic E-state index is 0.273. The number of aromatic nitrogens is 1. The van der Waals surface area contributed by atoms with E-state index in [9.17, 15) is 0 Å². The second kappa shape index (κ2) is 10.1. The lowest BCUT2D eigenvalue weighted by atomic mass is 10.1. The third-order valence-corrected chi connectivity index (χ3v) is 6.61. The summed E-state index contributed by atoms with van der Waals surface area (Å²) in [6.45, 7) is 6.51. The molecule has 2 aromatic heterocycles. The van der Waals surface area contributed by atoms with Gasteiger partial charge in [0.2, 0.25) is 0 Å². The van der Waals surface area contributed by atoms with E-state index < -0.39 is 0 Å². The van der Waals surface area contributed by atoms with Crippen LogP contribution >= 0.6 is 11.3 Å². The van der Waals surface area contributed by atoms with E-state index in [0.717, 1.165) is 45.2 Å². The topological polar surface area (TPSA) is 64.7 Å². The van der Waals surface area contributed by atoms with Crippen LogP contribution in [-0.2, 0) is 11.2 Å². The summed E-state index contributed by atoms with van der Waals surface area (Å²) in [5.41, 5.74) is 2.51. The summed E-state index contributed by atoms with van der Waals surface area (Å²) in [5.74, 6) is 0.845. The van der Waals surface area contributed by atoms with E-state index in [-0.39, 0.29) is 6.10 Å². The van der Waals surface area contributed by atoms with Crippen LogP contribution in [0, 0.1) is 0 Å². The average molecular weight is 426 g/mol. The maximum atomic E-state index is 5.74. The second-order valence-electron chi connectivity index (χ2n) is 7.70. The summed E-state index contributed by atoms with van der Waals surface area (Å²) < 4.78 is 5.74. The molecule has 1 aliphatic rings. The summed E-state index contributed by atoms with van der Waals surface area (Å²) in [6.07, 6.45) is 3.32. The fourth-order valence-electron chi connectivity index (χ4n) is 4.09. The van der Waals surface area contributed by atoms with E-state index in [0.29, 0.717) is 6.04 Å². The molecule has 0 saturated carbocycles. The predicted octanol–water partition coefficient (Wildman–Crippen LogP) is 3.40. The highest BCUT2D eigenvalue weighted by atomic mass is 32.1. The zero-order chi connectivity index (χ0) is 20.8. The molecule has 7 heteroatoms. The van der Waals surface area contributed by atoms with Crippen LogP contribution in [0.25, 0.3) is 10.9 Å². The van der Waals surface area contributed by atoms with Crippen LogP contribution < -0.4 is 10.6 Å². The van der Waals surface area contributed by atoms with Crippen LogP contribution in [0.1, 0.15) is 23.4 Å². The van der Waals surface area contributed by atoms with Gasteiger partial charge in [0.05, 0.1) is 18.8 Å². The number of morpholine rings is 1. The van der Waals surface area contributed by atoms with Crippen LogP contribution in [-0.4, -0.2) is 61.8 Å². The number of para-hydroxylation sites is 1. The molecule has 160 valence electrons. The minimum Gasteiger partial charge on any atom is -0.376 e. The summed E-state index contributed by atoms with van der Waals surface area (Å²) in [6, 6.07) is 13.1. The molecule has 0 spiro atoms. The van der Waals surface area contributed by atoms with E-state index in [4.69, 9.17) is 4.74 Å². The number of aliphatic imine (C=N–C) groups is 1. The Balaban J connectivity index is 1.33. The predicted molar refractivity (Wildman–Crippen MR) is 125 cm³/mol. The molecule has 1 saturated heterocycles. The lowest BCUT2D eigenvalue weighted by molar-refractivity contribution is -0.0334. The van der Waals surface area contributed by atoms with Crippen molar-refractivity contribution in [3.05, 3.63) is 58.4 Å². The minimum absolute atomic E-state index is 0.273. The molecule has 2 atom stereocenters. The molecule has 3 aromatic rings. The van der Waals surface area contributed by atoms with Gasteiger partial charge in [-0.25, -0.2) is 0 Å². The monoisotopic (exact) mass is 425 g/mol. The summed E-state index contributed by atoms with van der Waals surface area (Å²) in [7, 11) is 1.83. The molecule has 6 nitrogen and oxygen atoms in total. The third-order valence-electron chi connectivity index (χ3n) is 5.63. The van der Waals surface area contributed by atoms with Gasteiger partial charge in [-0.05, 0) is 36.4 Å². The van der Waals surface area contributed by atoms with E-state index in [1.165, 1.54) is 21.3 Å². The molecule has 2 unspecified atom stereocenters. The summed E-state index contributed by atoms with van der Waals surface area (Å²) in [5, 5.41) is 10.5. The first-order valence-corrected chi connectivity index (χ1v) is 11.5. The Labute approximate surface area is 182 Å². The Kier molecular flexibility index (Phi) is 7.04. The number of nitrogens with one attached hydrogen (secondary N) is 3. The van der Waals surface area contributed by atoms with Crippen molar-refractivity contribution >= 4 is 28.2 Å². The molecule has 3 heterocycles. The van der Waals surface area contributed by atoms with Crippen molar-refractivity contribution in [3.63, 3.8) is 0 Å². The lowest BCUT2D eigenvalue weighted by Gasteiger charge is -2.37. The number of guanidine groups is 1. The molecule has 4 rings (SSSR count). The highest BCUT2D eigenvalue weighted by Crippen LogP contribution is 2.26. The maximum absolute atomic E-state index is 5.74. The quantitative estimate of drug-likeness (QED) is 0.401. The van der Waals surface area contributed by atoms with Gasteiger partial charge in [0.25, 0.3) is 0 Å². The molecule has 1 aliphatic heterocycles. The Bertz CT molecular complexity index is 952. The molecule has 0 bridgehead atoms. The molecule has 1 aromatic carbocycles. The standard InChI is InChI=1S/C23H31N5OS/c1-17-16-28(11-12-29-17)21(22-8-5-13-30-22)15-27-23(24-2)25-10-9-18-14-26-20-7-4-3-6-19(18)20/h3-8,13-14,17,21,26H,9-12,15-16H2,1-2H3,(H2,24,25,27). The van der Waals surface area contributed by atoms with Gasteiger partial charge in [0.15, 0.2) is 5.96 Å². The van der Waals surface area contributed by atoms with Gasteiger partial charge >= 0.3 is 0 Å². The Morgan fingerprint density at radius 1 is 1.30 bits per heavy atom. The zero-order valence-corrected chi connectivity index (χ0v) is 18.5. The number of thiophene rings is 1. The van der Waals surface area contributed by atoms with Crippen molar-refractivity contribution in [1.29, 1.82) is 0 Å². The largest absolute Gasteiger partial charge is 0.376 e. The van der Waals surface area contributed by atoms with E-state index >= 15 is 0 Å². The van der Waals surface area contributed by atoms with Gasteiger partial charge in [-0.3, -0.25) is 9.89 Å². The number of ether oxygens (including phenoxy) is 1. The molecule has 3 N–H and O–H groups in total. The van der Waals surface area contributed by atoms with Crippen molar-refractivity contribution in [2.24, 2.45) is 4.99 Å². The van der Waals surface area contributed by atoms with Crippen LogP contribution in [0.5, 0.6) is 0 Å². The molecule has 0 amide bonds. The van der Waals surface area contributed by atoms with Crippen molar-refractivity contribution in [2.45, 2.75) is 25.5 Å². The van der Waals surface area contributed by atoms with Gasteiger partial charge in [-0.2, -0.15) is 0 Å². The SMILES string of the molecule is CN=C(NCCc1c[nH]c2ccccc12)NCC(c1cccs1)N1CCOC(C)C1. The number of H-pyrrole nitrogens is 1. The average Bonchev–Trinajstić information content (AvgIpc) is 3.43. The van der Waals surface area contributed by atoms with E-state index in [2.05, 4.69) is 80.4 Å². The van der Waals surface area contributed by atoms with Gasteiger partial charge < -0.3 is 20.4 Å². The van der Waals surface area contributed by atoms with E-state index in [1.807, 2.05) is 18.4 Å². The van der Waals surface area contributed by atoms with Crippen LogP contribution in [0.2, 0.25) is 0 Å². The van der Waals surface area contributed by atoms with Crippen LogP contribution in [0.4, 0.5) is 0 Å². The normalized spacial score (nSPS) is 19.1. The molecule has 1 fully saturated rings. The van der Waals surface area contributed by atoms with Gasteiger partial charge in [-0.15, -0.1) is 11.3 Å². The van der Waals surface area contributed by atoms with E-state index in [1.54, 1.807) is 0 Å². The number of benzene rings is 1. The number of aromatic amines is 1. The Hall–Kier alpha value is -2.35. The van der Waals surface area contributed by atoms with Crippen LogP contribution in [0.15, 0.2) is 53.0 Å². The first-order chi connectivity index (χ1) is 14.7. The fraction of sp³-hybridized carbons (Fsp3) is 0.435.